The van der Waals surface area contributed by atoms with Crippen LogP contribution in [0.5, 0.6) is 0 Å². The van der Waals surface area contributed by atoms with Crippen molar-refractivity contribution in [3.05, 3.63) is 45.5 Å². The molecule has 1 amide bonds. The normalized spacial score (nSPS) is 13.2. The Kier molecular flexibility index (Phi) is 8.84. The summed E-state index contributed by atoms with van der Waals surface area (Å²) in [4.78, 5) is 37.8. The van der Waals surface area contributed by atoms with Crippen LogP contribution in [0.25, 0.3) is 0 Å². The minimum Gasteiger partial charge on any atom is -0.480 e. The summed E-state index contributed by atoms with van der Waals surface area (Å²) in [5, 5.41) is 21.5. The number of carboxylic acid groups (broad SMARTS) is 1. The predicted molar refractivity (Wildman–Crippen MR) is 105 cm³/mol. The van der Waals surface area contributed by atoms with Crippen LogP contribution in [-0.2, 0) is 27.4 Å². The van der Waals surface area contributed by atoms with Gasteiger partial charge in [-0.25, -0.2) is 4.79 Å². The summed E-state index contributed by atoms with van der Waals surface area (Å²) in [5.41, 5.74) is 5.37. The van der Waals surface area contributed by atoms with Crippen LogP contribution in [0.1, 0.15) is 51.2 Å². The average molecular weight is 411 g/mol. The van der Waals surface area contributed by atoms with Gasteiger partial charge in [0.1, 0.15) is 17.7 Å². The molecule has 1 rings (SSSR count). The van der Waals surface area contributed by atoms with Crippen LogP contribution in [0.3, 0.4) is 0 Å². The lowest BCUT2D eigenvalue weighted by molar-refractivity contribution is -0.763. The number of nitrogens with two attached hydrogens (primary N) is 1. The Bertz CT molecular complexity index is 701. The van der Waals surface area contributed by atoms with Gasteiger partial charge in [-0.1, -0.05) is 24.3 Å². The van der Waals surface area contributed by atoms with Crippen molar-refractivity contribution < 1.29 is 29.4 Å². The van der Waals surface area contributed by atoms with Gasteiger partial charge in [0, 0.05) is 13.0 Å². The summed E-state index contributed by atoms with van der Waals surface area (Å²) in [6.45, 7) is 5.48. The van der Waals surface area contributed by atoms with Gasteiger partial charge in [0.05, 0.1) is 0 Å². The van der Waals surface area contributed by atoms with Gasteiger partial charge < -0.3 is 25.7 Å². The molecule has 0 radical (unpaired) electrons. The summed E-state index contributed by atoms with van der Waals surface area (Å²) >= 11 is 0. The molecule has 0 aliphatic carbocycles. The standard InChI is InChI=1S/C19H29N3O7/c1-18(2,3)29-17(25)21-11-5-4-10-19(20,16(23)24)12-14-6-8-15(9-7-14)13-28-22(26)27/h6-9H,4-5,10-13,20H2,1-3H3,(H,21,25)(H,23,24). The van der Waals surface area contributed by atoms with Crippen molar-refractivity contribution >= 4 is 12.1 Å². The SMILES string of the molecule is CC(C)(C)OC(=O)NCCCCC(N)(Cc1ccc(CO[N+](=O)[O-])cc1)C(=O)O. The number of carbonyl (C=O) groups excluding carboxylic acids is 1. The molecule has 1 aromatic rings. The van der Waals surface area contributed by atoms with E-state index < -0.39 is 28.3 Å². The number of unbranched alkanes of at least 4 members (excludes halogenated alkanes) is 1. The van der Waals surface area contributed by atoms with E-state index in [2.05, 4.69) is 10.2 Å². The van der Waals surface area contributed by atoms with Gasteiger partial charge in [0.25, 0.3) is 5.09 Å². The smallest absolute Gasteiger partial charge is 0.407 e. The summed E-state index contributed by atoms with van der Waals surface area (Å²) in [6, 6.07) is 6.61. The quantitative estimate of drug-likeness (QED) is 0.285. The van der Waals surface area contributed by atoms with Gasteiger partial charge in [-0.05, 0) is 51.2 Å². The lowest BCUT2D eigenvalue weighted by Gasteiger charge is -2.25. The number of benzene rings is 1. The fourth-order valence-corrected chi connectivity index (χ4v) is 2.59. The average Bonchev–Trinajstić information content (AvgIpc) is 2.59. The first-order chi connectivity index (χ1) is 13.4. The molecule has 10 nitrogen and oxygen atoms in total. The molecule has 10 heteroatoms. The second-order valence-electron chi connectivity index (χ2n) is 7.84. The van der Waals surface area contributed by atoms with Crippen molar-refractivity contribution in [3.8, 4) is 0 Å². The largest absolute Gasteiger partial charge is 0.480 e. The number of hydrogen-bond acceptors (Lipinski definition) is 7. The maximum atomic E-state index is 11.7. The first-order valence-corrected chi connectivity index (χ1v) is 9.25. The third-order valence-corrected chi connectivity index (χ3v) is 4.02. The first-order valence-electron chi connectivity index (χ1n) is 9.25. The molecule has 0 fully saturated rings. The number of alkyl carbamates (subject to hydrolysis) is 1. The molecular weight excluding hydrogens is 382 g/mol. The number of carbonyl (C=O) groups is 2. The van der Waals surface area contributed by atoms with Gasteiger partial charge in [-0.15, -0.1) is 10.1 Å². The van der Waals surface area contributed by atoms with E-state index >= 15 is 0 Å². The Hall–Kier alpha value is -2.88. The molecule has 1 unspecified atom stereocenters. The van der Waals surface area contributed by atoms with Crippen LogP contribution in [0, 0.1) is 10.1 Å². The summed E-state index contributed by atoms with van der Waals surface area (Å²) in [6.07, 6.45) is 0.884. The monoisotopic (exact) mass is 411 g/mol. The zero-order valence-corrected chi connectivity index (χ0v) is 17.0. The highest BCUT2D eigenvalue weighted by Crippen LogP contribution is 2.19. The van der Waals surface area contributed by atoms with E-state index in [-0.39, 0.29) is 19.4 Å². The number of carboxylic acids is 1. The Morgan fingerprint density at radius 3 is 2.28 bits per heavy atom. The molecule has 0 aromatic heterocycles. The molecular formula is C19H29N3O7. The number of amides is 1. The maximum Gasteiger partial charge on any atom is 0.407 e. The fraction of sp³-hybridized carbons (Fsp3) is 0.579. The Morgan fingerprint density at radius 2 is 1.76 bits per heavy atom. The van der Waals surface area contributed by atoms with Gasteiger partial charge in [-0.2, -0.15) is 0 Å². The highest BCUT2D eigenvalue weighted by molar-refractivity contribution is 5.79. The third kappa shape index (κ3) is 9.74. The van der Waals surface area contributed by atoms with E-state index in [0.29, 0.717) is 30.5 Å². The number of hydrogen-bond donors (Lipinski definition) is 3. The van der Waals surface area contributed by atoms with Gasteiger partial charge >= 0.3 is 12.1 Å². The lowest BCUT2D eigenvalue weighted by atomic mass is 9.86. The van der Waals surface area contributed by atoms with Crippen LogP contribution < -0.4 is 11.1 Å². The van der Waals surface area contributed by atoms with E-state index in [1.54, 1.807) is 45.0 Å². The van der Waals surface area contributed by atoms with Crippen molar-refractivity contribution in [2.45, 2.75) is 64.2 Å². The van der Waals surface area contributed by atoms with Crippen LogP contribution in [0.4, 0.5) is 4.79 Å². The summed E-state index contributed by atoms with van der Waals surface area (Å²) < 4.78 is 5.13. The van der Waals surface area contributed by atoms with E-state index in [1.165, 1.54) is 0 Å². The molecule has 1 aromatic carbocycles. The van der Waals surface area contributed by atoms with Crippen LogP contribution >= 0.6 is 0 Å². The van der Waals surface area contributed by atoms with Crippen molar-refractivity contribution in [1.82, 2.24) is 5.32 Å². The molecule has 0 spiro atoms. The highest BCUT2D eigenvalue weighted by Gasteiger charge is 2.33. The van der Waals surface area contributed by atoms with Crippen molar-refractivity contribution in [3.63, 3.8) is 0 Å². The molecule has 0 bridgehead atoms. The summed E-state index contributed by atoms with van der Waals surface area (Å²) in [5.74, 6) is -1.11. The molecule has 1 atom stereocenters. The van der Waals surface area contributed by atoms with Crippen molar-refractivity contribution in [2.24, 2.45) is 5.73 Å². The first kappa shape index (κ1) is 24.2. The number of rotatable bonds is 11. The lowest BCUT2D eigenvalue weighted by Crippen LogP contribution is -2.50. The topological polar surface area (TPSA) is 154 Å². The molecule has 0 saturated carbocycles. The van der Waals surface area contributed by atoms with Crippen LogP contribution in [0.15, 0.2) is 24.3 Å². The molecule has 0 heterocycles. The second-order valence-corrected chi connectivity index (χ2v) is 7.84. The molecule has 0 aliphatic heterocycles. The number of nitrogens with one attached hydrogen (secondary N) is 1. The number of nitrogens with zero attached hydrogens (tertiary/aromatic N) is 1. The molecule has 162 valence electrons. The van der Waals surface area contributed by atoms with Crippen LogP contribution in [-0.4, -0.2) is 39.9 Å². The maximum absolute atomic E-state index is 11.7. The fourth-order valence-electron chi connectivity index (χ4n) is 2.59. The van der Waals surface area contributed by atoms with E-state index in [1.807, 2.05) is 0 Å². The van der Waals surface area contributed by atoms with Gasteiger partial charge in [0.2, 0.25) is 0 Å². The molecule has 0 saturated heterocycles. The molecule has 0 aliphatic rings. The van der Waals surface area contributed by atoms with Crippen molar-refractivity contribution in [1.29, 1.82) is 0 Å². The Morgan fingerprint density at radius 1 is 1.17 bits per heavy atom. The van der Waals surface area contributed by atoms with Gasteiger partial charge in [0.15, 0.2) is 0 Å². The molecule has 29 heavy (non-hydrogen) atoms. The Labute approximate surface area is 169 Å². The van der Waals surface area contributed by atoms with Crippen LogP contribution in [0.2, 0.25) is 0 Å². The van der Waals surface area contributed by atoms with Gasteiger partial charge in [-0.3, -0.25) is 4.79 Å². The highest BCUT2D eigenvalue weighted by atomic mass is 16.9. The third-order valence-electron chi connectivity index (χ3n) is 4.02. The Balaban J connectivity index is 2.50. The summed E-state index contributed by atoms with van der Waals surface area (Å²) in [7, 11) is 0. The zero-order valence-electron chi connectivity index (χ0n) is 17.0. The minimum absolute atomic E-state index is 0.109. The zero-order chi connectivity index (χ0) is 22.1. The van der Waals surface area contributed by atoms with E-state index in [9.17, 15) is 24.8 Å². The number of aliphatic carboxylic acids is 1. The predicted octanol–water partition coefficient (Wildman–Crippen LogP) is 2.41. The van der Waals surface area contributed by atoms with E-state index in [0.717, 1.165) is 0 Å². The second kappa shape index (κ2) is 10.6. The van der Waals surface area contributed by atoms with E-state index in [4.69, 9.17) is 10.5 Å². The minimum atomic E-state index is -1.45. The molecule has 4 N–H and O–H groups in total. The van der Waals surface area contributed by atoms with Crippen molar-refractivity contribution in [2.75, 3.05) is 6.54 Å². The number of ether oxygens (including phenoxy) is 1.